The molecular weight excluding hydrogens is 397 g/mol. The molecule has 3 aromatic rings. The first-order chi connectivity index (χ1) is 14.7. The normalized spacial score (nSPS) is 12.1. The van der Waals surface area contributed by atoms with Gasteiger partial charge in [-0.1, -0.05) is 55.8 Å². The third kappa shape index (κ3) is 7.00. The number of halogens is 3. The lowest BCUT2D eigenvalue weighted by Crippen LogP contribution is -2.26. The topological polar surface area (TPSA) is 8.17 Å². The third-order valence-electron chi connectivity index (χ3n) is 5.45. The van der Waals surface area contributed by atoms with Crippen LogP contribution in [0.4, 0.5) is 13.2 Å². The van der Waals surface area contributed by atoms with E-state index in [4.69, 9.17) is 0 Å². The zero-order chi connectivity index (χ0) is 22.4. The molecule has 2 aromatic carbocycles. The Hall–Kier alpha value is -2.53. The summed E-state index contributed by atoms with van der Waals surface area (Å²) >= 11 is 0. The van der Waals surface area contributed by atoms with Gasteiger partial charge in [0.15, 0.2) is 0 Å². The van der Waals surface area contributed by atoms with Crippen molar-refractivity contribution in [2.24, 2.45) is 5.92 Å². The first kappa shape index (κ1) is 23.1. The number of hydrogen-bond donors (Lipinski definition) is 0. The summed E-state index contributed by atoms with van der Waals surface area (Å²) in [7, 11) is 0. The van der Waals surface area contributed by atoms with Gasteiger partial charge in [-0.05, 0) is 61.2 Å². The molecule has 0 aliphatic heterocycles. The van der Waals surface area contributed by atoms with E-state index in [-0.39, 0.29) is 0 Å². The Bertz CT molecular complexity index is 955. The number of rotatable bonds is 9. The highest BCUT2D eigenvalue weighted by Gasteiger charge is 2.30. The van der Waals surface area contributed by atoms with Crippen molar-refractivity contribution in [1.82, 2.24) is 9.47 Å². The largest absolute Gasteiger partial charge is 0.416 e. The van der Waals surface area contributed by atoms with Gasteiger partial charge < -0.3 is 4.57 Å². The number of nitrogens with zero attached hydrogens (tertiary/aromatic N) is 2. The lowest BCUT2D eigenvalue weighted by molar-refractivity contribution is -0.137. The Balaban J connectivity index is 1.73. The van der Waals surface area contributed by atoms with Crippen molar-refractivity contribution in [3.8, 4) is 0 Å². The molecule has 3 rings (SSSR count). The number of benzene rings is 2. The molecule has 0 saturated heterocycles. The van der Waals surface area contributed by atoms with Gasteiger partial charge in [-0.15, -0.1) is 0 Å². The molecule has 2 nitrogen and oxygen atoms in total. The molecule has 0 spiro atoms. The van der Waals surface area contributed by atoms with Crippen LogP contribution < -0.4 is 0 Å². The van der Waals surface area contributed by atoms with Crippen LogP contribution in [0.2, 0.25) is 0 Å². The fourth-order valence-corrected chi connectivity index (χ4v) is 3.70. The maximum absolute atomic E-state index is 12.9. The smallest absolute Gasteiger partial charge is 0.346 e. The monoisotopic (exact) mass is 428 g/mol. The van der Waals surface area contributed by atoms with E-state index in [1.54, 1.807) is 12.1 Å². The van der Waals surface area contributed by atoms with Gasteiger partial charge >= 0.3 is 6.18 Å². The van der Waals surface area contributed by atoms with Crippen LogP contribution in [-0.4, -0.2) is 16.0 Å². The van der Waals surface area contributed by atoms with Gasteiger partial charge in [0.2, 0.25) is 0 Å². The van der Waals surface area contributed by atoms with Gasteiger partial charge in [0.1, 0.15) is 0 Å². The molecule has 1 heterocycles. The van der Waals surface area contributed by atoms with E-state index in [9.17, 15) is 13.2 Å². The van der Waals surface area contributed by atoms with Crippen LogP contribution in [-0.2, 0) is 25.8 Å². The molecule has 1 aromatic heterocycles. The van der Waals surface area contributed by atoms with Crippen molar-refractivity contribution in [1.29, 1.82) is 0 Å². The van der Waals surface area contributed by atoms with Crippen LogP contribution in [0.5, 0.6) is 0 Å². The first-order valence-corrected chi connectivity index (χ1v) is 10.8. The summed E-state index contributed by atoms with van der Waals surface area (Å²) in [6.45, 7) is 9.56. The summed E-state index contributed by atoms with van der Waals surface area (Å²) in [5, 5.41) is 0. The summed E-state index contributed by atoms with van der Waals surface area (Å²) < 4.78 is 40.9. The van der Waals surface area contributed by atoms with Gasteiger partial charge in [-0.3, -0.25) is 4.90 Å². The SMILES string of the molecule is Cc1cccc(Cn2cccc2CN(CCC(C)C)Cc2ccc(C(F)(F)F)cc2)c1. The van der Waals surface area contributed by atoms with Crippen molar-refractivity contribution in [2.75, 3.05) is 6.54 Å². The van der Waals surface area contributed by atoms with E-state index in [0.717, 1.165) is 31.6 Å². The minimum atomic E-state index is -4.30. The van der Waals surface area contributed by atoms with Crippen molar-refractivity contribution in [3.05, 3.63) is 94.8 Å². The highest BCUT2D eigenvalue weighted by molar-refractivity contribution is 5.25. The minimum absolute atomic E-state index is 0.564. The summed E-state index contributed by atoms with van der Waals surface area (Å²) in [6, 6.07) is 18.2. The molecule has 0 saturated carbocycles. The summed E-state index contributed by atoms with van der Waals surface area (Å²) in [6.07, 6.45) is -1.16. The minimum Gasteiger partial charge on any atom is -0.346 e. The fraction of sp³-hybridized carbons (Fsp3) is 0.385. The van der Waals surface area contributed by atoms with Gasteiger partial charge in [0, 0.05) is 31.5 Å². The molecule has 0 radical (unpaired) electrons. The van der Waals surface area contributed by atoms with Crippen LogP contribution in [0.1, 0.15) is 48.2 Å². The lowest BCUT2D eigenvalue weighted by atomic mass is 10.1. The van der Waals surface area contributed by atoms with Crippen LogP contribution >= 0.6 is 0 Å². The Labute approximate surface area is 183 Å². The average molecular weight is 429 g/mol. The zero-order valence-electron chi connectivity index (χ0n) is 18.5. The highest BCUT2D eigenvalue weighted by Crippen LogP contribution is 2.29. The van der Waals surface area contributed by atoms with Crippen molar-refractivity contribution in [3.63, 3.8) is 0 Å². The molecule has 5 heteroatoms. The van der Waals surface area contributed by atoms with E-state index in [2.05, 4.69) is 72.8 Å². The second kappa shape index (κ2) is 10.2. The van der Waals surface area contributed by atoms with Crippen LogP contribution in [0, 0.1) is 12.8 Å². The van der Waals surface area contributed by atoms with Gasteiger partial charge in [0.05, 0.1) is 5.56 Å². The number of alkyl halides is 3. The Morgan fingerprint density at radius 2 is 1.65 bits per heavy atom. The van der Waals surface area contributed by atoms with E-state index in [0.29, 0.717) is 12.5 Å². The standard InChI is InChI=1S/C26H31F3N2/c1-20(2)13-15-30(17-22-9-11-24(12-10-22)26(27,28)29)19-25-8-5-14-31(25)18-23-7-4-6-21(3)16-23/h4-12,14,16,20H,13,15,17-19H2,1-3H3. The Kier molecular flexibility index (Phi) is 7.60. The number of aryl methyl sites for hydroxylation is 1. The molecule has 0 aliphatic carbocycles. The van der Waals surface area contributed by atoms with Crippen molar-refractivity contribution < 1.29 is 13.2 Å². The molecule has 0 aliphatic rings. The summed E-state index contributed by atoms with van der Waals surface area (Å²) in [5.74, 6) is 0.564. The predicted octanol–water partition coefficient (Wildman–Crippen LogP) is 6.91. The van der Waals surface area contributed by atoms with Gasteiger partial charge in [0.25, 0.3) is 0 Å². The molecule has 0 atom stereocenters. The second-order valence-corrected chi connectivity index (χ2v) is 8.70. The van der Waals surface area contributed by atoms with Crippen LogP contribution in [0.3, 0.4) is 0 Å². The maximum Gasteiger partial charge on any atom is 0.416 e. The average Bonchev–Trinajstić information content (AvgIpc) is 3.12. The van der Waals surface area contributed by atoms with Gasteiger partial charge in [-0.2, -0.15) is 13.2 Å². The van der Waals surface area contributed by atoms with Crippen LogP contribution in [0.25, 0.3) is 0 Å². The van der Waals surface area contributed by atoms with E-state index >= 15 is 0 Å². The predicted molar refractivity (Wildman–Crippen MR) is 120 cm³/mol. The molecule has 0 bridgehead atoms. The molecule has 0 unspecified atom stereocenters. The summed E-state index contributed by atoms with van der Waals surface area (Å²) in [4.78, 5) is 2.32. The summed E-state index contributed by atoms with van der Waals surface area (Å²) in [5.41, 5.74) is 4.00. The number of hydrogen-bond acceptors (Lipinski definition) is 1. The van der Waals surface area contributed by atoms with E-state index < -0.39 is 11.7 Å². The third-order valence-corrected chi connectivity index (χ3v) is 5.45. The zero-order valence-corrected chi connectivity index (χ0v) is 18.5. The number of aromatic nitrogens is 1. The van der Waals surface area contributed by atoms with Crippen molar-refractivity contribution in [2.45, 2.75) is 53.0 Å². The molecule has 0 fully saturated rings. The maximum atomic E-state index is 12.9. The van der Waals surface area contributed by atoms with E-state index in [1.807, 2.05) is 0 Å². The van der Waals surface area contributed by atoms with Crippen molar-refractivity contribution >= 4 is 0 Å². The first-order valence-electron chi connectivity index (χ1n) is 10.8. The Morgan fingerprint density at radius 1 is 0.903 bits per heavy atom. The lowest BCUT2D eigenvalue weighted by Gasteiger charge is -2.24. The van der Waals surface area contributed by atoms with Crippen LogP contribution in [0.15, 0.2) is 66.9 Å². The van der Waals surface area contributed by atoms with Gasteiger partial charge in [-0.25, -0.2) is 0 Å². The second-order valence-electron chi connectivity index (χ2n) is 8.70. The molecule has 166 valence electrons. The molecule has 0 amide bonds. The fourth-order valence-electron chi connectivity index (χ4n) is 3.70. The molecule has 0 N–H and O–H groups in total. The quantitative estimate of drug-likeness (QED) is 0.359. The Morgan fingerprint density at radius 3 is 2.29 bits per heavy atom. The molecule has 31 heavy (non-hydrogen) atoms. The van der Waals surface area contributed by atoms with E-state index in [1.165, 1.54) is 29.0 Å². The highest BCUT2D eigenvalue weighted by atomic mass is 19.4. The molecular formula is C26H31F3N2.